The SMILES string of the molecule is CCCOC(=O)c1cccc(Nc2c(C(=O)OCC)cnc3ccc(OCC)cc23)c1. The largest absolute Gasteiger partial charge is 0.494 e. The van der Waals surface area contributed by atoms with Crippen LogP contribution in [0.1, 0.15) is 47.9 Å². The summed E-state index contributed by atoms with van der Waals surface area (Å²) in [5.74, 6) is -0.216. The molecule has 7 heteroatoms. The van der Waals surface area contributed by atoms with Crippen LogP contribution in [0.15, 0.2) is 48.7 Å². The summed E-state index contributed by atoms with van der Waals surface area (Å²) in [5, 5.41) is 3.98. The van der Waals surface area contributed by atoms with Crippen molar-refractivity contribution in [3.05, 3.63) is 59.8 Å². The number of nitrogens with one attached hydrogen (secondary N) is 1. The number of carbonyl (C=O) groups excluding carboxylic acids is 2. The standard InChI is InChI=1S/C24H26N2O5/c1-4-12-31-23(27)16-8-7-9-17(13-16)26-22-19-14-18(29-5-2)10-11-21(19)25-15-20(22)24(28)30-6-3/h7-11,13-15H,4-6,12H2,1-3H3,(H,25,26). The van der Waals surface area contributed by atoms with Gasteiger partial charge in [-0.05, 0) is 56.7 Å². The second-order valence-electron chi connectivity index (χ2n) is 6.72. The summed E-state index contributed by atoms with van der Waals surface area (Å²) in [7, 11) is 0. The van der Waals surface area contributed by atoms with Crippen molar-refractivity contribution >= 4 is 34.2 Å². The molecule has 0 fully saturated rings. The number of rotatable bonds is 9. The third kappa shape index (κ3) is 5.31. The Morgan fingerprint density at radius 2 is 1.81 bits per heavy atom. The molecule has 2 aromatic carbocycles. The van der Waals surface area contributed by atoms with Gasteiger partial charge < -0.3 is 19.5 Å². The lowest BCUT2D eigenvalue weighted by atomic mass is 10.1. The van der Waals surface area contributed by atoms with E-state index in [9.17, 15) is 9.59 Å². The summed E-state index contributed by atoms with van der Waals surface area (Å²) in [6.45, 7) is 6.71. The Bertz CT molecular complexity index is 1080. The summed E-state index contributed by atoms with van der Waals surface area (Å²) in [6, 6.07) is 12.4. The summed E-state index contributed by atoms with van der Waals surface area (Å²) < 4.78 is 16.1. The minimum absolute atomic E-state index is 0.244. The highest BCUT2D eigenvalue weighted by Gasteiger charge is 2.18. The molecule has 0 saturated carbocycles. The van der Waals surface area contributed by atoms with Gasteiger partial charge in [0.2, 0.25) is 0 Å². The average Bonchev–Trinajstić information content (AvgIpc) is 2.78. The monoisotopic (exact) mass is 422 g/mol. The van der Waals surface area contributed by atoms with Gasteiger partial charge in [0.15, 0.2) is 0 Å². The van der Waals surface area contributed by atoms with Crippen LogP contribution in [-0.4, -0.2) is 36.7 Å². The number of pyridine rings is 1. The van der Waals surface area contributed by atoms with E-state index in [2.05, 4.69) is 10.3 Å². The van der Waals surface area contributed by atoms with Crippen LogP contribution in [0.4, 0.5) is 11.4 Å². The number of hydrogen-bond donors (Lipinski definition) is 1. The molecular formula is C24H26N2O5. The minimum Gasteiger partial charge on any atom is -0.494 e. The fourth-order valence-corrected chi connectivity index (χ4v) is 3.07. The van der Waals surface area contributed by atoms with Gasteiger partial charge in [0, 0.05) is 17.3 Å². The summed E-state index contributed by atoms with van der Waals surface area (Å²) >= 11 is 0. The van der Waals surface area contributed by atoms with Gasteiger partial charge >= 0.3 is 11.9 Å². The molecule has 0 bridgehead atoms. The molecule has 162 valence electrons. The Morgan fingerprint density at radius 3 is 2.55 bits per heavy atom. The predicted molar refractivity (Wildman–Crippen MR) is 119 cm³/mol. The maximum absolute atomic E-state index is 12.6. The van der Waals surface area contributed by atoms with Crippen LogP contribution >= 0.6 is 0 Å². The highest BCUT2D eigenvalue weighted by Crippen LogP contribution is 2.32. The molecule has 0 radical (unpaired) electrons. The number of benzene rings is 2. The highest BCUT2D eigenvalue weighted by molar-refractivity contribution is 6.06. The van der Waals surface area contributed by atoms with Crippen LogP contribution in [0.3, 0.4) is 0 Å². The zero-order chi connectivity index (χ0) is 22.2. The number of ether oxygens (including phenoxy) is 3. The second kappa shape index (κ2) is 10.4. The first-order chi connectivity index (χ1) is 15.1. The van der Waals surface area contributed by atoms with Crippen LogP contribution in [0, 0.1) is 0 Å². The Balaban J connectivity index is 2.06. The van der Waals surface area contributed by atoms with Crippen LogP contribution < -0.4 is 10.1 Å². The fourth-order valence-electron chi connectivity index (χ4n) is 3.07. The van der Waals surface area contributed by atoms with E-state index in [1.807, 2.05) is 38.1 Å². The summed E-state index contributed by atoms with van der Waals surface area (Å²) in [6.07, 6.45) is 2.24. The predicted octanol–water partition coefficient (Wildman–Crippen LogP) is 5.12. The molecule has 0 aliphatic carbocycles. The zero-order valence-corrected chi connectivity index (χ0v) is 17.9. The molecule has 0 saturated heterocycles. The second-order valence-corrected chi connectivity index (χ2v) is 6.72. The first-order valence-electron chi connectivity index (χ1n) is 10.3. The first kappa shape index (κ1) is 22.1. The number of carbonyl (C=O) groups is 2. The number of fused-ring (bicyclic) bond motifs is 1. The zero-order valence-electron chi connectivity index (χ0n) is 17.9. The number of hydrogen-bond acceptors (Lipinski definition) is 7. The van der Waals surface area contributed by atoms with Crippen molar-refractivity contribution < 1.29 is 23.8 Å². The summed E-state index contributed by atoms with van der Waals surface area (Å²) in [5.41, 5.74) is 2.57. The van der Waals surface area contributed by atoms with Gasteiger partial charge in [0.05, 0.1) is 36.6 Å². The van der Waals surface area contributed by atoms with Gasteiger partial charge in [-0.1, -0.05) is 13.0 Å². The van der Waals surface area contributed by atoms with Crippen molar-refractivity contribution in [2.75, 3.05) is 25.1 Å². The fraction of sp³-hybridized carbons (Fsp3) is 0.292. The Morgan fingerprint density at radius 1 is 0.968 bits per heavy atom. The average molecular weight is 422 g/mol. The van der Waals surface area contributed by atoms with E-state index in [-0.39, 0.29) is 6.61 Å². The quantitative estimate of drug-likeness (QED) is 0.479. The molecule has 0 spiro atoms. The van der Waals surface area contributed by atoms with Gasteiger partial charge in [-0.3, -0.25) is 4.98 Å². The molecule has 1 aromatic heterocycles. The van der Waals surface area contributed by atoms with E-state index >= 15 is 0 Å². The number of aromatic nitrogens is 1. The van der Waals surface area contributed by atoms with Crippen LogP contribution in [0.2, 0.25) is 0 Å². The highest BCUT2D eigenvalue weighted by atomic mass is 16.5. The van der Waals surface area contributed by atoms with Crippen molar-refractivity contribution in [2.24, 2.45) is 0 Å². The molecule has 3 aromatic rings. The molecule has 0 aliphatic rings. The molecule has 1 heterocycles. The number of esters is 2. The smallest absolute Gasteiger partial charge is 0.341 e. The van der Waals surface area contributed by atoms with Gasteiger partial charge in [0.1, 0.15) is 11.3 Å². The molecule has 0 atom stereocenters. The van der Waals surface area contributed by atoms with E-state index in [1.165, 1.54) is 6.20 Å². The lowest BCUT2D eigenvalue weighted by Crippen LogP contribution is -2.10. The third-order valence-corrected chi connectivity index (χ3v) is 4.45. The third-order valence-electron chi connectivity index (χ3n) is 4.45. The topological polar surface area (TPSA) is 86.8 Å². The van der Waals surface area contributed by atoms with Gasteiger partial charge in [-0.15, -0.1) is 0 Å². The Hall–Kier alpha value is -3.61. The molecule has 1 N–H and O–H groups in total. The van der Waals surface area contributed by atoms with E-state index in [0.717, 1.165) is 6.42 Å². The molecule has 7 nitrogen and oxygen atoms in total. The van der Waals surface area contributed by atoms with Crippen LogP contribution in [0.5, 0.6) is 5.75 Å². The molecule has 0 amide bonds. The summed E-state index contributed by atoms with van der Waals surface area (Å²) in [4.78, 5) is 29.2. The van der Waals surface area contributed by atoms with E-state index in [1.54, 1.807) is 25.1 Å². The van der Waals surface area contributed by atoms with E-state index < -0.39 is 11.9 Å². The van der Waals surface area contributed by atoms with Crippen molar-refractivity contribution in [3.63, 3.8) is 0 Å². The van der Waals surface area contributed by atoms with Gasteiger partial charge in [-0.2, -0.15) is 0 Å². The lowest BCUT2D eigenvalue weighted by molar-refractivity contribution is 0.0501. The van der Waals surface area contributed by atoms with Gasteiger partial charge in [0.25, 0.3) is 0 Å². The van der Waals surface area contributed by atoms with Crippen LogP contribution in [0.25, 0.3) is 10.9 Å². The van der Waals surface area contributed by atoms with E-state index in [0.29, 0.717) is 52.4 Å². The van der Waals surface area contributed by atoms with Gasteiger partial charge in [-0.25, -0.2) is 9.59 Å². The normalized spacial score (nSPS) is 10.5. The van der Waals surface area contributed by atoms with Crippen molar-refractivity contribution in [2.45, 2.75) is 27.2 Å². The maximum atomic E-state index is 12.6. The Kier molecular flexibility index (Phi) is 7.43. The van der Waals surface area contributed by atoms with Crippen molar-refractivity contribution in [3.8, 4) is 5.75 Å². The molecule has 0 aliphatic heterocycles. The minimum atomic E-state index is -0.486. The molecular weight excluding hydrogens is 396 g/mol. The number of nitrogens with zero attached hydrogens (tertiary/aromatic N) is 1. The van der Waals surface area contributed by atoms with Crippen molar-refractivity contribution in [1.82, 2.24) is 4.98 Å². The first-order valence-corrected chi connectivity index (χ1v) is 10.3. The molecule has 31 heavy (non-hydrogen) atoms. The molecule has 0 unspecified atom stereocenters. The Labute approximate surface area is 181 Å². The molecule has 3 rings (SSSR count). The maximum Gasteiger partial charge on any atom is 0.341 e. The lowest BCUT2D eigenvalue weighted by Gasteiger charge is -2.15. The van der Waals surface area contributed by atoms with E-state index in [4.69, 9.17) is 14.2 Å². The van der Waals surface area contributed by atoms with Crippen molar-refractivity contribution in [1.29, 1.82) is 0 Å². The van der Waals surface area contributed by atoms with Crippen LogP contribution in [-0.2, 0) is 9.47 Å². The number of anilines is 2.